The van der Waals surface area contributed by atoms with Gasteiger partial charge in [0, 0.05) is 6.26 Å². The first-order chi connectivity index (χ1) is 11.6. The molecule has 1 aromatic heterocycles. The fourth-order valence-corrected chi connectivity index (χ4v) is 3.12. The summed E-state index contributed by atoms with van der Waals surface area (Å²) in [5.74, 6) is -0.429. The first-order valence-corrected chi connectivity index (χ1v) is 9.54. The lowest BCUT2D eigenvalue weighted by Crippen LogP contribution is -2.18. The minimum absolute atomic E-state index is 0.000784. The molecule has 0 N–H and O–H groups in total. The molecule has 0 aliphatic carbocycles. The Hall–Kier alpha value is -2.20. The van der Waals surface area contributed by atoms with Crippen molar-refractivity contribution in [1.29, 1.82) is 0 Å². The van der Waals surface area contributed by atoms with Gasteiger partial charge in [0.1, 0.15) is 4.90 Å². The third-order valence-corrected chi connectivity index (χ3v) is 4.59. The average molecular weight is 389 g/mol. The van der Waals surface area contributed by atoms with E-state index in [9.17, 15) is 13.2 Å². The molecule has 0 spiro atoms. The summed E-state index contributed by atoms with van der Waals surface area (Å²) in [6.07, 6.45) is 0.203. The molecule has 0 amide bonds. The van der Waals surface area contributed by atoms with E-state index in [2.05, 4.69) is 15.4 Å². The number of ether oxygens (including phenoxy) is 2. The summed E-state index contributed by atoms with van der Waals surface area (Å²) in [4.78, 5) is 13.0. The first-order valence-electron chi connectivity index (χ1n) is 7.27. The van der Waals surface area contributed by atoms with Crippen LogP contribution >= 0.6 is 11.6 Å². The lowest BCUT2D eigenvalue weighted by molar-refractivity contribution is 0.0524. The average Bonchev–Trinajstić information content (AvgIpc) is 2.94. The maximum atomic E-state index is 12.0. The van der Waals surface area contributed by atoms with E-state index in [0.29, 0.717) is 5.82 Å². The van der Waals surface area contributed by atoms with Crippen LogP contribution in [-0.2, 0) is 14.6 Å². The topological polar surface area (TPSA) is 113 Å². The molecule has 9 nitrogen and oxygen atoms in total. The Morgan fingerprint density at radius 1 is 1.40 bits per heavy atom. The quantitative estimate of drug-likeness (QED) is 0.688. The Morgan fingerprint density at radius 2 is 2.08 bits per heavy atom. The Morgan fingerprint density at radius 3 is 2.60 bits per heavy atom. The van der Waals surface area contributed by atoms with Crippen molar-refractivity contribution < 1.29 is 22.7 Å². The summed E-state index contributed by atoms with van der Waals surface area (Å²) >= 11 is 6.23. The Bertz CT molecular complexity index is 897. The van der Waals surface area contributed by atoms with Crippen LogP contribution in [0.5, 0.6) is 5.75 Å². The van der Waals surface area contributed by atoms with Gasteiger partial charge in [-0.25, -0.2) is 13.2 Å². The summed E-state index contributed by atoms with van der Waals surface area (Å²) in [5, 5.41) is 11.3. The predicted molar refractivity (Wildman–Crippen MR) is 88.4 cm³/mol. The normalized spacial score (nSPS) is 12.7. The van der Waals surface area contributed by atoms with Crippen molar-refractivity contribution in [3.63, 3.8) is 0 Å². The van der Waals surface area contributed by atoms with Crippen LogP contribution in [0.15, 0.2) is 17.0 Å². The van der Waals surface area contributed by atoms with Crippen molar-refractivity contribution in [2.75, 3.05) is 12.9 Å². The van der Waals surface area contributed by atoms with Crippen LogP contribution in [0.2, 0.25) is 5.02 Å². The summed E-state index contributed by atoms with van der Waals surface area (Å²) in [6.45, 7) is 5.03. The number of esters is 1. The van der Waals surface area contributed by atoms with Gasteiger partial charge in [-0.3, -0.25) is 0 Å². The van der Waals surface area contributed by atoms with Gasteiger partial charge in [-0.15, -0.1) is 15.0 Å². The van der Waals surface area contributed by atoms with Gasteiger partial charge in [-0.2, -0.15) is 0 Å². The second-order valence-electron chi connectivity index (χ2n) is 5.12. The summed E-state index contributed by atoms with van der Waals surface area (Å²) < 4.78 is 34.6. The number of sulfone groups is 1. The van der Waals surface area contributed by atoms with Gasteiger partial charge in [0.2, 0.25) is 6.23 Å². The molecule has 0 radical (unpaired) electrons. The number of carbonyl (C=O) groups excluding carboxylic acids is 1. The predicted octanol–water partition coefficient (Wildman–Crippen LogP) is 1.81. The van der Waals surface area contributed by atoms with Crippen LogP contribution in [0.4, 0.5) is 0 Å². The van der Waals surface area contributed by atoms with Crippen molar-refractivity contribution in [3.05, 3.63) is 28.5 Å². The molecule has 0 fully saturated rings. The lowest BCUT2D eigenvalue weighted by Gasteiger charge is -2.18. The molecule has 1 heterocycles. The molecule has 1 aromatic carbocycles. The number of carbonyl (C=O) groups is 1. The zero-order valence-corrected chi connectivity index (χ0v) is 15.6. The van der Waals surface area contributed by atoms with Crippen molar-refractivity contribution in [1.82, 2.24) is 20.2 Å². The van der Waals surface area contributed by atoms with Crippen molar-refractivity contribution in [3.8, 4) is 5.75 Å². The molecule has 2 aromatic rings. The van der Waals surface area contributed by atoms with E-state index in [1.54, 1.807) is 20.8 Å². The largest absolute Gasteiger partial charge is 0.464 e. The van der Waals surface area contributed by atoms with Crippen LogP contribution in [0.25, 0.3) is 0 Å². The van der Waals surface area contributed by atoms with E-state index in [1.165, 1.54) is 12.1 Å². The molecule has 0 saturated heterocycles. The number of halogens is 1. The zero-order valence-electron chi connectivity index (χ0n) is 14.1. The van der Waals surface area contributed by atoms with E-state index < -0.39 is 22.0 Å². The number of aromatic nitrogens is 4. The molecule has 0 aliphatic rings. The van der Waals surface area contributed by atoms with Crippen LogP contribution in [0, 0.1) is 6.92 Å². The highest BCUT2D eigenvalue weighted by atomic mass is 35.5. The molecule has 1 atom stereocenters. The number of benzene rings is 1. The van der Waals surface area contributed by atoms with Gasteiger partial charge in [0.15, 0.2) is 21.4 Å². The van der Waals surface area contributed by atoms with E-state index in [-0.39, 0.29) is 27.8 Å². The number of hydrogen-bond acceptors (Lipinski definition) is 8. The lowest BCUT2D eigenvalue weighted by atomic mass is 10.2. The summed E-state index contributed by atoms with van der Waals surface area (Å²) in [6, 6.07) is 2.53. The van der Waals surface area contributed by atoms with Crippen LogP contribution in [0.1, 0.15) is 36.3 Å². The molecule has 2 rings (SSSR count). The monoisotopic (exact) mass is 388 g/mol. The number of aryl methyl sites for hydroxylation is 1. The van der Waals surface area contributed by atoms with Gasteiger partial charge in [0.05, 0.1) is 17.2 Å². The Balaban J connectivity index is 2.51. The van der Waals surface area contributed by atoms with E-state index >= 15 is 0 Å². The number of nitrogens with zero attached hydrogens (tertiary/aromatic N) is 4. The smallest absolute Gasteiger partial charge is 0.339 e. The fraction of sp³-hybridized carbons (Fsp3) is 0.429. The molecular weight excluding hydrogens is 372 g/mol. The van der Waals surface area contributed by atoms with Crippen molar-refractivity contribution in [2.45, 2.75) is 31.9 Å². The summed E-state index contributed by atoms with van der Waals surface area (Å²) in [5.41, 5.74) is 0.000784. The third kappa shape index (κ3) is 4.26. The van der Waals surface area contributed by atoms with E-state index in [4.69, 9.17) is 21.1 Å². The first kappa shape index (κ1) is 19.1. The zero-order chi connectivity index (χ0) is 18.8. The Labute approximate surface area is 149 Å². The summed E-state index contributed by atoms with van der Waals surface area (Å²) in [7, 11) is -3.66. The maximum Gasteiger partial charge on any atom is 0.339 e. The highest BCUT2D eigenvalue weighted by Gasteiger charge is 2.25. The molecule has 136 valence electrons. The molecule has 25 heavy (non-hydrogen) atoms. The van der Waals surface area contributed by atoms with Gasteiger partial charge < -0.3 is 9.47 Å². The Kier molecular flexibility index (Phi) is 5.63. The SMILES string of the molecule is CCOC(=O)c1ccc(S(C)(=O)=O)c(OC(C)n2nnc(C)n2)c1Cl. The van der Waals surface area contributed by atoms with Crippen LogP contribution in [0.3, 0.4) is 0 Å². The molecule has 0 bridgehead atoms. The molecule has 11 heteroatoms. The molecular formula is C14H17ClN4O5S. The second kappa shape index (κ2) is 7.36. The molecule has 1 unspecified atom stereocenters. The van der Waals surface area contributed by atoms with Gasteiger partial charge in [-0.1, -0.05) is 11.6 Å². The van der Waals surface area contributed by atoms with Gasteiger partial charge in [0.25, 0.3) is 0 Å². The van der Waals surface area contributed by atoms with Gasteiger partial charge in [-0.05, 0) is 38.1 Å². The number of hydrogen-bond donors (Lipinski definition) is 0. The maximum absolute atomic E-state index is 12.0. The van der Waals surface area contributed by atoms with Gasteiger partial charge >= 0.3 is 5.97 Å². The number of tetrazole rings is 1. The molecule has 0 saturated carbocycles. The minimum Gasteiger partial charge on any atom is -0.464 e. The van der Waals surface area contributed by atoms with Crippen LogP contribution < -0.4 is 4.74 Å². The van der Waals surface area contributed by atoms with E-state index in [1.807, 2.05) is 0 Å². The van der Waals surface area contributed by atoms with Crippen molar-refractivity contribution in [2.24, 2.45) is 0 Å². The van der Waals surface area contributed by atoms with E-state index in [0.717, 1.165) is 11.1 Å². The second-order valence-corrected chi connectivity index (χ2v) is 7.48. The standard InChI is InChI=1S/C14H17ClN4O5S/c1-5-23-14(20)10-6-7-11(25(4,21)22)13(12(10)15)24-9(3)19-17-8(2)16-18-19/h6-7,9H,5H2,1-4H3. The number of rotatable bonds is 6. The highest BCUT2D eigenvalue weighted by molar-refractivity contribution is 7.90. The molecule has 0 aliphatic heterocycles. The minimum atomic E-state index is -3.66. The fourth-order valence-electron chi connectivity index (χ4n) is 1.98. The van der Waals surface area contributed by atoms with Crippen molar-refractivity contribution >= 4 is 27.4 Å². The van der Waals surface area contributed by atoms with Crippen LogP contribution in [-0.4, -0.2) is 47.5 Å². The highest BCUT2D eigenvalue weighted by Crippen LogP contribution is 2.37. The third-order valence-electron chi connectivity index (χ3n) is 3.10.